The third kappa shape index (κ3) is 1.83. The highest BCUT2D eigenvalue weighted by Gasteiger charge is 2.14. The molecule has 2 rings (SSSR count). The largest absolute Gasteiger partial charge is 0.367 e. The molecule has 4 heteroatoms. The van der Waals surface area contributed by atoms with Gasteiger partial charge in [0.15, 0.2) is 0 Å². The molecule has 0 aliphatic rings. The number of nitrogen functional groups attached to an aromatic ring is 1. The Hall–Kier alpha value is -1.84. The Morgan fingerprint density at radius 1 is 1.47 bits per heavy atom. The van der Waals surface area contributed by atoms with Gasteiger partial charge in [-0.25, -0.2) is 0 Å². The van der Waals surface area contributed by atoms with Gasteiger partial charge in [0.25, 0.3) is 0 Å². The zero-order valence-corrected chi connectivity index (χ0v) is 8.60. The molecule has 0 unspecified atom stereocenters. The Kier molecular flexibility index (Phi) is 2.67. The average Bonchev–Trinajstić information content (AvgIpc) is 2.63. The first-order valence-electron chi connectivity index (χ1n) is 4.97. The van der Waals surface area contributed by atoms with E-state index in [-0.39, 0.29) is 0 Å². The second kappa shape index (κ2) is 4.13. The van der Waals surface area contributed by atoms with Gasteiger partial charge in [0.1, 0.15) is 5.69 Å². The summed E-state index contributed by atoms with van der Waals surface area (Å²) >= 11 is 0. The van der Waals surface area contributed by atoms with E-state index >= 15 is 0 Å². The Balaban J connectivity index is 2.44. The highest BCUT2D eigenvalue weighted by Crippen LogP contribution is 2.27. The van der Waals surface area contributed by atoms with Crippen LogP contribution in [0.25, 0.3) is 11.3 Å². The maximum atomic E-state index is 5.72. The molecule has 2 aromatic rings. The molecule has 2 aromatic heterocycles. The van der Waals surface area contributed by atoms with E-state index < -0.39 is 0 Å². The number of hydrogen-bond acceptors (Lipinski definition) is 4. The summed E-state index contributed by atoms with van der Waals surface area (Å²) in [6.07, 6.45) is 5.38. The standard InChI is InChI=1S/C11H13N3O/c1-2-4-9-10(14-15-11(9)12)8-5-3-6-13-7-8/h3,5-7H,2,4,12H2,1H3. The minimum absolute atomic E-state index is 0.413. The molecule has 0 spiro atoms. The van der Waals surface area contributed by atoms with Crippen LogP contribution in [0.2, 0.25) is 0 Å². The summed E-state index contributed by atoms with van der Waals surface area (Å²) in [5.41, 5.74) is 8.45. The summed E-state index contributed by atoms with van der Waals surface area (Å²) in [4.78, 5) is 4.05. The molecule has 0 bridgehead atoms. The van der Waals surface area contributed by atoms with Gasteiger partial charge >= 0.3 is 0 Å². The van der Waals surface area contributed by atoms with Crippen LogP contribution in [0.1, 0.15) is 18.9 Å². The summed E-state index contributed by atoms with van der Waals surface area (Å²) in [6, 6.07) is 3.82. The predicted octanol–water partition coefficient (Wildman–Crippen LogP) is 2.27. The van der Waals surface area contributed by atoms with Crippen molar-refractivity contribution in [2.45, 2.75) is 19.8 Å². The molecule has 78 valence electrons. The summed E-state index contributed by atoms with van der Waals surface area (Å²) in [6.45, 7) is 2.10. The number of pyridine rings is 1. The molecular formula is C11H13N3O. The van der Waals surface area contributed by atoms with E-state index in [0.29, 0.717) is 5.88 Å². The maximum absolute atomic E-state index is 5.72. The van der Waals surface area contributed by atoms with Gasteiger partial charge in [0.2, 0.25) is 5.88 Å². The van der Waals surface area contributed by atoms with Gasteiger partial charge in [-0.3, -0.25) is 4.98 Å². The van der Waals surface area contributed by atoms with Gasteiger partial charge in [0, 0.05) is 23.5 Å². The van der Waals surface area contributed by atoms with E-state index in [0.717, 1.165) is 29.7 Å². The first kappa shape index (κ1) is 9.71. The third-order valence-corrected chi connectivity index (χ3v) is 2.25. The number of nitrogens with zero attached hydrogens (tertiary/aromatic N) is 2. The first-order chi connectivity index (χ1) is 7.33. The van der Waals surface area contributed by atoms with Crippen molar-refractivity contribution in [2.24, 2.45) is 0 Å². The van der Waals surface area contributed by atoms with Crippen molar-refractivity contribution in [3.63, 3.8) is 0 Å². The van der Waals surface area contributed by atoms with Gasteiger partial charge in [-0.05, 0) is 18.6 Å². The number of anilines is 1. The molecule has 0 aromatic carbocycles. The molecule has 15 heavy (non-hydrogen) atoms. The number of rotatable bonds is 3. The van der Waals surface area contributed by atoms with E-state index in [1.807, 2.05) is 12.1 Å². The Bertz CT molecular complexity index is 436. The van der Waals surface area contributed by atoms with Crippen LogP contribution in [0.3, 0.4) is 0 Å². The molecule has 0 radical (unpaired) electrons. The topological polar surface area (TPSA) is 64.9 Å². The molecule has 0 aliphatic heterocycles. The lowest BCUT2D eigenvalue weighted by molar-refractivity contribution is 0.438. The van der Waals surface area contributed by atoms with E-state index in [2.05, 4.69) is 17.1 Å². The maximum Gasteiger partial charge on any atom is 0.225 e. The zero-order chi connectivity index (χ0) is 10.7. The second-order valence-corrected chi connectivity index (χ2v) is 3.37. The quantitative estimate of drug-likeness (QED) is 0.831. The smallest absolute Gasteiger partial charge is 0.225 e. The van der Waals surface area contributed by atoms with Crippen molar-refractivity contribution in [2.75, 3.05) is 5.73 Å². The molecular weight excluding hydrogens is 190 g/mol. The van der Waals surface area contributed by atoms with Gasteiger partial charge in [-0.1, -0.05) is 18.5 Å². The van der Waals surface area contributed by atoms with Crippen molar-refractivity contribution in [3.05, 3.63) is 30.1 Å². The van der Waals surface area contributed by atoms with E-state index in [4.69, 9.17) is 10.3 Å². The normalized spacial score (nSPS) is 10.5. The van der Waals surface area contributed by atoms with E-state index in [9.17, 15) is 0 Å². The SMILES string of the molecule is CCCc1c(-c2cccnc2)noc1N. The number of hydrogen-bond donors (Lipinski definition) is 1. The highest BCUT2D eigenvalue weighted by molar-refractivity contribution is 5.65. The van der Waals surface area contributed by atoms with E-state index in [1.54, 1.807) is 12.4 Å². The molecule has 0 fully saturated rings. The van der Waals surface area contributed by atoms with Crippen LogP contribution in [0.4, 0.5) is 5.88 Å². The Morgan fingerprint density at radius 3 is 3.00 bits per heavy atom. The first-order valence-corrected chi connectivity index (χ1v) is 4.97. The molecule has 2 N–H and O–H groups in total. The Morgan fingerprint density at radius 2 is 2.33 bits per heavy atom. The van der Waals surface area contributed by atoms with Crippen molar-refractivity contribution in [3.8, 4) is 11.3 Å². The van der Waals surface area contributed by atoms with Crippen LogP contribution >= 0.6 is 0 Å². The van der Waals surface area contributed by atoms with Crippen LogP contribution in [-0.4, -0.2) is 10.1 Å². The lowest BCUT2D eigenvalue weighted by Gasteiger charge is -1.99. The van der Waals surface area contributed by atoms with Crippen LogP contribution in [0, 0.1) is 0 Å². The average molecular weight is 203 g/mol. The highest BCUT2D eigenvalue weighted by atomic mass is 16.5. The predicted molar refractivity (Wildman–Crippen MR) is 58.1 cm³/mol. The van der Waals surface area contributed by atoms with Crippen molar-refractivity contribution < 1.29 is 4.52 Å². The van der Waals surface area contributed by atoms with Crippen molar-refractivity contribution in [1.82, 2.24) is 10.1 Å². The number of aromatic nitrogens is 2. The van der Waals surface area contributed by atoms with Crippen LogP contribution in [0.15, 0.2) is 29.0 Å². The van der Waals surface area contributed by atoms with Crippen molar-refractivity contribution >= 4 is 5.88 Å². The molecule has 0 aliphatic carbocycles. The van der Waals surface area contributed by atoms with E-state index in [1.165, 1.54) is 0 Å². The molecule has 0 amide bonds. The van der Waals surface area contributed by atoms with Crippen LogP contribution < -0.4 is 5.73 Å². The van der Waals surface area contributed by atoms with Gasteiger partial charge in [0.05, 0.1) is 0 Å². The van der Waals surface area contributed by atoms with Gasteiger partial charge in [-0.2, -0.15) is 0 Å². The molecule has 2 heterocycles. The fourth-order valence-electron chi connectivity index (χ4n) is 1.54. The monoisotopic (exact) mass is 203 g/mol. The molecule has 0 saturated heterocycles. The van der Waals surface area contributed by atoms with Gasteiger partial charge in [-0.15, -0.1) is 0 Å². The number of nitrogens with two attached hydrogens (primary N) is 1. The minimum atomic E-state index is 0.413. The van der Waals surface area contributed by atoms with Crippen molar-refractivity contribution in [1.29, 1.82) is 0 Å². The summed E-state index contributed by atoms with van der Waals surface area (Å²) in [5.74, 6) is 0.413. The third-order valence-electron chi connectivity index (χ3n) is 2.25. The molecule has 4 nitrogen and oxygen atoms in total. The Labute approximate surface area is 88.1 Å². The zero-order valence-electron chi connectivity index (χ0n) is 8.60. The second-order valence-electron chi connectivity index (χ2n) is 3.37. The van der Waals surface area contributed by atoms with Crippen LogP contribution in [0.5, 0.6) is 0 Å². The minimum Gasteiger partial charge on any atom is -0.367 e. The summed E-state index contributed by atoms with van der Waals surface area (Å²) in [5, 5.41) is 3.96. The fraction of sp³-hybridized carbons (Fsp3) is 0.273. The van der Waals surface area contributed by atoms with Gasteiger partial charge < -0.3 is 10.3 Å². The van der Waals surface area contributed by atoms with Crippen LogP contribution in [-0.2, 0) is 6.42 Å². The molecule has 0 atom stereocenters. The fourth-order valence-corrected chi connectivity index (χ4v) is 1.54. The molecule has 0 saturated carbocycles. The summed E-state index contributed by atoms with van der Waals surface area (Å²) in [7, 11) is 0. The summed E-state index contributed by atoms with van der Waals surface area (Å²) < 4.78 is 5.00. The lowest BCUT2D eigenvalue weighted by atomic mass is 10.1. The lowest BCUT2D eigenvalue weighted by Crippen LogP contribution is -1.91.